The Hall–Kier alpha value is -6.98. The summed E-state index contributed by atoms with van der Waals surface area (Å²) >= 11 is 0. The van der Waals surface area contributed by atoms with Gasteiger partial charge < -0.3 is 9.80 Å². The normalized spacial score (nSPS) is 14.7. The van der Waals surface area contributed by atoms with Gasteiger partial charge in [0.2, 0.25) is 0 Å². The molecule has 0 amide bonds. The Morgan fingerprint density at radius 1 is 0.607 bits per heavy atom. The number of aryl methyl sites for hydroxylation is 4. The minimum Gasteiger partial charge on any atom is -0.306 e. The van der Waals surface area contributed by atoms with Crippen LogP contribution in [0, 0.1) is 60.5 Å². The van der Waals surface area contributed by atoms with E-state index >= 15 is 17.6 Å². The van der Waals surface area contributed by atoms with Crippen molar-refractivity contribution in [2.45, 2.75) is 46.0 Å². The molecule has 7 nitrogen and oxygen atoms in total. The number of alkyl halides is 4. The smallest absolute Gasteiger partial charge is 0.299 e. The fraction of sp³-hybridized carbons (Fsp3) is 0.156. The fourth-order valence-corrected chi connectivity index (χ4v) is 8.51. The molecule has 56 heavy (non-hydrogen) atoms. The third-order valence-electron chi connectivity index (χ3n) is 10.7. The quantitative estimate of drug-likeness (QED) is 0.0987. The van der Waals surface area contributed by atoms with E-state index in [-0.39, 0.29) is 11.4 Å². The van der Waals surface area contributed by atoms with Crippen LogP contribution < -0.4 is 9.80 Å². The van der Waals surface area contributed by atoms with E-state index in [1.54, 1.807) is 24.3 Å². The topological polar surface area (TPSA) is 97.2 Å². The third kappa shape index (κ3) is 5.30. The number of para-hydroxylation sites is 1. The summed E-state index contributed by atoms with van der Waals surface area (Å²) in [6, 6.07) is 35.4. The molecule has 1 heterocycles. The summed E-state index contributed by atoms with van der Waals surface area (Å²) < 4.78 is 62.7. The molecule has 0 saturated heterocycles. The Balaban J connectivity index is 1.55. The molecule has 0 unspecified atom stereocenters. The average molecular weight is 750 g/mol. The van der Waals surface area contributed by atoms with Crippen molar-refractivity contribution >= 4 is 39.8 Å². The van der Waals surface area contributed by atoms with Crippen molar-refractivity contribution < 1.29 is 22.5 Å². The summed E-state index contributed by atoms with van der Waals surface area (Å²) in [7, 11) is 0. The molecule has 0 atom stereocenters. The molecule has 0 saturated carbocycles. The summed E-state index contributed by atoms with van der Waals surface area (Å²) in [5.74, 6) is -8.72. The second-order valence-corrected chi connectivity index (χ2v) is 14.2. The fourth-order valence-electron chi connectivity index (χ4n) is 8.51. The van der Waals surface area contributed by atoms with Crippen LogP contribution in [0.5, 0.6) is 0 Å². The lowest BCUT2D eigenvalue weighted by Crippen LogP contribution is -2.26. The largest absolute Gasteiger partial charge is 0.306 e. The maximum Gasteiger partial charge on any atom is 0.299 e. The molecule has 0 radical (unpaired) electrons. The van der Waals surface area contributed by atoms with Crippen LogP contribution in [0.2, 0.25) is 0 Å². The number of hydrogen-bond acceptors (Lipinski definition) is 6. The van der Waals surface area contributed by atoms with Crippen molar-refractivity contribution in [3.05, 3.63) is 158 Å². The van der Waals surface area contributed by atoms with Crippen LogP contribution in [0.15, 0.2) is 103 Å². The van der Waals surface area contributed by atoms with Gasteiger partial charge in [0.1, 0.15) is 17.7 Å². The maximum atomic E-state index is 15.9. The van der Waals surface area contributed by atoms with Gasteiger partial charge in [0.25, 0.3) is 17.5 Å². The van der Waals surface area contributed by atoms with Gasteiger partial charge in [-0.2, -0.15) is 10.5 Å². The second kappa shape index (κ2) is 12.8. The highest BCUT2D eigenvalue weighted by Crippen LogP contribution is 2.63. The lowest BCUT2D eigenvalue weighted by molar-refractivity contribution is -0.387. The van der Waals surface area contributed by atoms with E-state index in [9.17, 15) is 20.6 Å². The van der Waals surface area contributed by atoms with E-state index in [4.69, 9.17) is 0 Å². The Kier molecular flexibility index (Phi) is 8.24. The van der Waals surface area contributed by atoms with E-state index in [1.807, 2.05) is 124 Å². The molecule has 1 aliphatic heterocycles. The molecule has 2 aliphatic rings. The van der Waals surface area contributed by atoms with Crippen molar-refractivity contribution in [1.29, 1.82) is 10.5 Å². The molecule has 276 valence electrons. The zero-order valence-electron chi connectivity index (χ0n) is 30.6. The lowest BCUT2D eigenvalue weighted by atomic mass is 9.89. The number of benzene rings is 6. The molecular formula is C45H31F4N5O2. The zero-order chi connectivity index (χ0) is 39.8. The molecule has 8 rings (SSSR count). The van der Waals surface area contributed by atoms with E-state index in [1.165, 1.54) is 4.90 Å². The van der Waals surface area contributed by atoms with Crippen LogP contribution in [0.3, 0.4) is 0 Å². The van der Waals surface area contributed by atoms with Crippen LogP contribution in [0.4, 0.5) is 57.4 Å². The predicted octanol–water partition coefficient (Wildman–Crippen LogP) is 12.7. The summed E-state index contributed by atoms with van der Waals surface area (Å²) in [6.07, 6.45) is -2.08. The SMILES string of the molecule is Cc1cccc(C)c1-c1ccc2c(c1)N(c1ccccc1)c1cc(-c3c(C)cccc3C)ccc1N2c1c(C#N)c([N+](=O)[O-])c2c(c1C#N)C(F)(F)CC2(F)F. The van der Waals surface area contributed by atoms with Gasteiger partial charge in [0, 0.05) is 5.69 Å². The first-order valence-electron chi connectivity index (χ1n) is 17.7. The highest BCUT2D eigenvalue weighted by Gasteiger charge is 2.62. The van der Waals surface area contributed by atoms with Crippen LogP contribution in [0.25, 0.3) is 22.3 Å². The average Bonchev–Trinajstić information content (AvgIpc) is 3.35. The van der Waals surface area contributed by atoms with Crippen molar-refractivity contribution in [3.63, 3.8) is 0 Å². The van der Waals surface area contributed by atoms with Gasteiger partial charge >= 0.3 is 0 Å². The van der Waals surface area contributed by atoms with Crippen molar-refractivity contribution in [2.75, 3.05) is 9.80 Å². The number of nitriles is 2. The van der Waals surface area contributed by atoms with E-state index in [0.717, 1.165) is 44.5 Å². The third-order valence-corrected chi connectivity index (χ3v) is 10.7. The van der Waals surface area contributed by atoms with Crippen molar-refractivity contribution in [3.8, 4) is 34.4 Å². The molecule has 1 aliphatic carbocycles. The van der Waals surface area contributed by atoms with E-state index < -0.39 is 56.8 Å². The highest BCUT2D eigenvalue weighted by atomic mass is 19.3. The Bertz CT molecular complexity index is 2610. The number of halogens is 4. The minimum absolute atomic E-state index is 0.270. The van der Waals surface area contributed by atoms with Crippen molar-refractivity contribution in [2.24, 2.45) is 0 Å². The number of rotatable bonds is 5. The summed E-state index contributed by atoms with van der Waals surface area (Å²) in [6.45, 7) is 7.92. The van der Waals surface area contributed by atoms with Crippen LogP contribution in [-0.4, -0.2) is 4.92 Å². The Labute approximate surface area is 320 Å². The second-order valence-electron chi connectivity index (χ2n) is 14.2. The first kappa shape index (κ1) is 36.0. The maximum absolute atomic E-state index is 15.9. The number of anilines is 6. The predicted molar refractivity (Wildman–Crippen MR) is 208 cm³/mol. The van der Waals surface area contributed by atoms with Gasteiger partial charge in [0.15, 0.2) is 5.56 Å². The van der Waals surface area contributed by atoms with Crippen LogP contribution in [-0.2, 0) is 11.8 Å². The van der Waals surface area contributed by atoms with Crippen molar-refractivity contribution in [1.82, 2.24) is 0 Å². The number of fused-ring (bicyclic) bond motifs is 3. The molecule has 0 bridgehead atoms. The standard InChI is InChI=1S/C45H31F4N5O2/c1-25-10-8-11-26(2)38(25)29-16-18-34-36(20-29)52(31-14-6-5-7-15-31)37-21-30(39-27(3)12-9-13-28(39)4)17-19-35(37)53(34)42-32(22-50)40-41(43(54(55)56)33(42)23-51)45(48,49)24-44(40,46)47/h5-21H,24H2,1-4H3. The Morgan fingerprint density at radius 2 is 1.07 bits per heavy atom. The number of nitrogens with zero attached hydrogens (tertiary/aromatic N) is 5. The Morgan fingerprint density at radius 3 is 1.52 bits per heavy atom. The first-order chi connectivity index (χ1) is 26.7. The molecule has 6 aromatic carbocycles. The minimum atomic E-state index is -4.39. The van der Waals surface area contributed by atoms with E-state index in [0.29, 0.717) is 17.1 Å². The number of hydrogen-bond donors (Lipinski definition) is 0. The van der Waals surface area contributed by atoms with Gasteiger partial charge in [0.05, 0.1) is 50.9 Å². The molecule has 6 aromatic rings. The highest BCUT2D eigenvalue weighted by molar-refractivity contribution is 6.06. The van der Waals surface area contributed by atoms with E-state index in [2.05, 4.69) is 0 Å². The summed E-state index contributed by atoms with van der Waals surface area (Å²) in [5.41, 5.74) is 2.67. The van der Waals surface area contributed by atoms with Crippen LogP contribution in [0.1, 0.15) is 50.9 Å². The molecular weight excluding hydrogens is 719 g/mol. The zero-order valence-corrected chi connectivity index (χ0v) is 30.6. The molecule has 0 N–H and O–H groups in total. The molecule has 0 spiro atoms. The molecule has 0 aromatic heterocycles. The number of nitro benzene ring substituents is 1. The monoisotopic (exact) mass is 749 g/mol. The first-order valence-corrected chi connectivity index (χ1v) is 17.7. The summed E-state index contributed by atoms with van der Waals surface area (Å²) in [5, 5.41) is 34.0. The van der Waals surface area contributed by atoms with Gasteiger partial charge in [-0.3, -0.25) is 10.1 Å². The lowest BCUT2D eigenvalue weighted by Gasteiger charge is -2.41. The van der Waals surface area contributed by atoms with Gasteiger partial charge in [-0.25, -0.2) is 17.6 Å². The molecule has 11 heteroatoms. The molecule has 0 fully saturated rings. The van der Waals surface area contributed by atoms with Crippen LogP contribution >= 0.6 is 0 Å². The van der Waals surface area contributed by atoms with Gasteiger partial charge in [-0.05, 0) is 109 Å². The number of nitro groups is 1. The van der Waals surface area contributed by atoms with Gasteiger partial charge in [-0.15, -0.1) is 0 Å². The van der Waals surface area contributed by atoms with Gasteiger partial charge in [-0.1, -0.05) is 66.7 Å². The summed E-state index contributed by atoms with van der Waals surface area (Å²) in [4.78, 5) is 14.8.